The number of nitrogens with zero attached hydrogens (tertiary/aromatic N) is 6. The molecule has 2 aromatic carbocycles. The molecule has 5 rings (SSSR count). The van der Waals surface area contributed by atoms with Gasteiger partial charge in [0.25, 0.3) is 0 Å². The molecule has 1 amide bonds. The summed E-state index contributed by atoms with van der Waals surface area (Å²) in [5.74, 6) is 1.24. The van der Waals surface area contributed by atoms with Gasteiger partial charge in [0, 0.05) is 73.1 Å². The molecule has 3 heterocycles. The third-order valence-corrected chi connectivity index (χ3v) is 6.79. The van der Waals surface area contributed by atoms with Gasteiger partial charge in [-0.15, -0.1) is 0 Å². The summed E-state index contributed by atoms with van der Waals surface area (Å²) < 4.78 is 7.10. The highest BCUT2D eigenvalue weighted by Crippen LogP contribution is 2.25. The molecular formula is C30H39N9O2. The van der Waals surface area contributed by atoms with Gasteiger partial charge in [-0.1, -0.05) is 0 Å². The van der Waals surface area contributed by atoms with E-state index in [2.05, 4.69) is 67.1 Å². The van der Waals surface area contributed by atoms with Crippen molar-refractivity contribution >= 4 is 45.8 Å². The van der Waals surface area contributed by atoms with Crippen LogP contribution in [0, 0.1) is 6.92 Å². The minimum Gasteiger partial charge on any atom is -0.444 e. The van der Waals surface area contributed by atoms with Gasteiger partial charge in [0.15, 0.2) is 0 Å². The van der Waals surface area contributed by atoms with Gasteiger partial charge in [-0.2, -0.15) is 10.1 Å². The summed E-state index contributed by atoms with van der Waals surface area (Å²) in [6.45, 7) is 12.7. The van der Waals surface area contributed by atoms with E-state index in [4.69, 9.17) is 9.72 Å². The summed E-state index contributed by atoms with van der Waals surface area (Å²) in [6.07, 6.45) is 3.33. The van der Waals surface area contributed by atoms with Crippen molar-refractivity contribution in [1.29, 1.82) is 0 Å². The molecule has 4 aromatic rings. The fraction of sp³-hybridized carbons (Fsp3) is 0.400. The number of hydrogen-bond acceptors (Lipinski definition) is 9. The molecule has 11 heteroatoms. The second-order valence-electron chi connectivity index (χ2n) is 11.4. The molecule has 0 aliphatic carbocycles. The van der Waals surface area contributed by atoms with Crippen molar-refractivity contribution < 1.29 is 9.53 Å². The van der Waals surface area contributed by atoms with Crippen LogP contribution in [0.15, 0.2) is 54.9 Å². The topological polar surface area (TPSA) is 112 Å². The van der Waals surface area contributed by atoms with Gasteiger partial charge in [-0.3, -0.25) is 4.68 Å². The van der Waals surface area contributed by atoms with Crippen LogP contribution in [0.3, 0.4) is 0 Å². The molecule has 1 aliphatic rings. The molecule has 2 aromatic heterocycles. The van der Waals surface area contributed by atoms with Crippen molar-refractivity contribution in [2.75, 3.05) is 55.3 Å². The second kappa shape index (κ2) is 12.0. The maximum absolute atomic E-state index is 11.9. The van der Waals surface area contributed by atoms with Crippen molar-refractivity contribution in [2.24, 2.45) is 0 Å². The fourth-order valence-electron chi connectivity index (χ4n) is 4.56. The third-order valence-electron chi connectivity index (χ3n) is 6.79. The molecule has 0 bridgehead atoms. The first kappa shape index (κ1) is 28.2. The van der Waals surface area contributed by atoms with E-state index in [1.165, 1.54) is 5.69 Å². The Hall–Kier alpha value is -4.38. The van der Waals surface area contributed by atoms with Gasteiger partial charge in [0.1, 0.15) is 11.4 Å². The van der Waals surface area contributed by atoms with Crippen molar-refractivity contribution in [1.82, 2.24) is 30.0 Å². The van der Waals surface area contributed by atoms with Gasteiger partial charge in [-0.05, 0) is 77.2 Å². The van der Waals surface area contributed by atoms with Gasteiger partial charge < -0.3 is 30.5 Å². The molecule has 41 heavy (non-hydrogen) atoms. The number of carbonyl (C=O) groups is 1. The van der Waals surface area contributed by atoms with Crippen molar-refractivity contribution in [3.63, 3.8) is 0 Å². The summed E-state index contributed by atoms with van der Waals surface area (Å²) in [5, 5.41) is 15.2. The van der Waals surface area contributed by atoms with E-state index in [0.717, 1.165) is 59.8 Å². The zero-order valence-electron chi connectivity index (χ0n) is 24.4. The minimum absolute atomic E-state index is 0.419. The number of alkyl carbamates (subject to hydrolysis) is 1. The Balaban J connectivity index is 1.20. The number of nitrogens with one attached hydrogen (secondary N) is 3. The van der Waals surface area contributed by atoms with E-state index < -0.39 is 11.7 Å². The highest BCUT2D eigenvalue weighted by molar-refractivity contribution is 5.83. The summed E-state index contributed by atoms with van der Waals surface area (Å²) in [4.78, 5) is 25.9. The SMILES string of the molecule is Cc1cnc(Nc2ccc(N3CCN(C)CC3)cc2)nc1Nc1ccc2cn(CCNC(=O)OC(C)(C)C)nc2c1. The molecule has 0 unspecified atom stereocenters. The lowest BCUT2D eigenvalue weighted by atomic mass is 10.2. The number of ether oxygens (including phenoxy) is 1. The van der Waals surface area contributed by atoms with Gasteiger partial charge in [0.2, 0.25) is 5.95 Å². The number of fused-ring (bicyclic) bond motifs is 1. The fourth-order valence-corrected chi connectivity index (χ4v) is 4.56. The molecule has 0 radical (unpaired) electrons. The van der Waals surface area contributed by atoms with E-state index in [9.17, 15) is 4.79 Å². The van der Waals surface area contributed by atoms with E-state index in [0.29, 0.717) is 19.0 Å². The summed E-state index contributed by atoms with van der Waals surface area (Å²) in [7, 11) is 2.16. The van der Waals surface area contributed by atoms with Crippen LogP contribution in [-0.4, -0.2) is 76.1 Å². The number of hydrogen-bond donors (Lipinski definition) is 3. The highest BCUT2D eigenvalue weighted by Gasteiger charge is 2.16. The molecule has 216 valence electrons. The number of rotatable bonds is 8. The number of amides is 1. The second-order valence-corrected chi connectivity index (χ2v) is 11.4. The van der Waals surface area contributed by atoms with Crippen LogP contribution in [-0.2, 0) is 11.3 Å². The maximum atomic E-state index is 11.9. The molecule has 0 atom stereocenters. The Morgan fingerprint density at radius 1 is 1.00 bits per heavy atom. The largest absolute Gasteiger partial charge is 0.444 e. The van der Waals surface area contributed by atoms with Crippen LogP contribution in [0.4, 0.5) is 33.6 Å². The van der Waals surface area contributed by atoms with Gasteiger partial charge >= 0.3 is 6.09 Å². The quantitative estimate of drug-likeness (QED) is 0.278. The molecule has 0 saturated carbocycles. The summed E-state index contributed by atoms with van der Waals surface area (Å²) >= 11 is 0. The van der Waals surface area contributed by atoms with Gasteiger partial charge in [-0.25, -0.2) is 9.78 Å². The maximum Gasteiger partial charge on any atom is 0.407 e. The minimum atomic E-state index is -0.525. The van der Waals surface area contributed by atoms with E-state index in [1.54, 1.807) is 6.20 Å². The zero-order chi connectivity index (χ0) is 29.0. The normalized spacial score (nSPS) is 14.2. The number of aryl methyl sites for hydroxylation is 1. The Morgan fingerprint density at radius 3 is 2.46 bits per heavy atom. The molecule has 3 N–H and O–H groups in total. The van der Waals surface area contributed by atoms with Gasteiger partial charge in [0.05, 0.1) is 12.1 Å². The number of piperazine rings is 1. The predicted octanol–water partition coefficient (Wildman–Crippen LogP) is 4.90. The first-order chi connectivity index (χ1) is 19.6. The van der Waals surface area contributed by atoms with E-state index >= 15 is 0 Å². The smallest absolute Gasteiger partial charge is 0.407 e. The number of carbonyl (C=O) groups excluding carboxylic acids is 1. The van der Waals surface area contributed by atoms with Crippen molar-refractivity contribution in [3.8, 4) is 0 Å². The predicted molar refractivity (Wildman–Crippen MR) is 163 cm³/mol. The van der Waals surface area contributed by atoms with Crippen LogP contribution in [0.1, 0.15) is 26.3 Å². The molecule has 1 saturated heterocycles. The van der Waals surface area contributed by atoms with Crippen LogP contribution in [0.25, 0.3) is 10.9 Å². The van der Waals surface area contributed by atoms with E-state index in [1.807, 2.05) is 56.8 Å². The standard InChI is InChI=1S/C30H39N9O2/c1-21-19-32-28(34-23-8-10-25(11-9-23)38-16-14-37(5)15-17-38)35-27(21)33-24-7-6-22-20-39(36-26(22)18-24)13-12-31-29(40)41-30(2,3)4/h6-11,18-20H,12-17H2,1-5H3,(H,31,40)(H2,32,33,34,35). The number of likely N-dealkylation sites (N-methyl/N-ethyl adjacent to an activating group) is 1. The zero-order valence-corrected chi connectivity index (χ0v) is 24.4. The molecule has 0 spiro atoms. The number of anilines is 5. The molecule has 1 aliphatic heterocycles. The van der Waals surface area contributed by atoms with Crippen molar-refractivity contribution in [3.05, 3.63) is 60.4 Å². The lowest BCUT2D eigenvalue weighted by Gasteiger charge is -2.34. The Labute approximate surface area is 240 Å². The highest BCUT2D eigenvalue weighted by atomic mass is 16.6. The number of aromatic nitrogens is 4. The monoisotopic (exact) mass is 557 g/mol. The third kappa shape index (κ3) is 7.63. The van der Waals surface area contributed by atoms with Crippen LogP contribution >= 0.6 is 0 Å². The summed E-state index contributed by atoms with van der Waals surface area (Å²) in [5.41, 5.74) is 4.29. The first-order valence-electron chi connectivity index (χ1n) is 14.0. The Morgan fingerprint density at radius 2 is 1.73 bits per heavy atom. The molecular weight excluding hydrogens is 518 g/mol. The number of benzene rings is 2. The molecule has 1 fully saturated rings. The molecule has 11 nitrogen and oxygen atoms in total. The van der Waals surface area contributed by atoms with Crippen LogP contribution in [0.2, 0.25) is 0 Å². The lowest BCUT2D eigenvalue weighted by molar-refractivity contribution is 0.0525. The first-order valence-corrected chi connectivity index (χ1v) is 14.0. The lowest BCUT2D eigenvalue weighted by Crippen LogP contribution is -2.44. The Bertz CT molecular complexity index is 1490. The van der Waals surface area contributed by atoms with Crippen molar-refractivity contribution in [2.45, 2.75) is 39.8 Å². The Kier molecular flexibility index (Phi) is 8.25. The summed E-state index contributed by atoms with van der Waals surface area (Å²) in [6, 6.07) is 14.4. The van der Waals surface area contributed by atoms with Crippen LogP contribution in [0.5, 0.6) is 0 Å². The van der Waals surface area contributed by atoms with E-state index in [-0.39, 0.29) is 0 Å². The van der Waals surface area contributed by atoms with Crippen LogP contribution < -0.4 is 20.9 Å². The average molecular weight is 558 g/mol. The average Bonchev–Trinajstić information content (AvgIpc) is 3.32.